The summed E-state index contributed by atoms with van der Waals surface area (Å²) in [6.45, 7) is 2.35. The maximum Gasteiger partial charge on any atom is 0.573 e. The highest BCUT2D eigenvalue weighted by Gasteiger charge is 2.35. The van der Waals surface area contributed by atoms with Gasteiger partial charge in [0.05, 0.1) is 20.8 Å². The van der Waals surface area contributed by atoms with E-state index in [2.05, 4.69) is 9.72 Å². The number of benzene rings is 2. The first-order valence-corrected chi connectivity index (χ1v) is 12.9. The van der Waals surface area contributed by atoms with Crippen LogP contribution < -0.4 is 4.74 Å². The number of ether oxygens (including phenoxy) is 1. The molecule has 2 aromatic carbocycles. The van der Waals surface area contributed by atoms with Gasteiger partial charge in [-0.05, 0) is 50.1 Å². The average Bonchev–Trinajstić information content (AvgIpc) is 3.24. The van der Waals surface area contributed by atoms with E-state index in [1.807, 2.05) is 18.4 Å². The average molecular weight is 511 g/mol. The molecule has 2 heterocycles. The number of amides is 1. The highest BCUT2D eigenvalue weighted by molar-refractivity contribution is 7.92. The number of carbonyl (C=O) groups is 1. The van der Waals surface area contributed by atoms with Gasteiger partial charge >= 0.3 is 6.36 Å². The Bertz CT molecular complexity index is 1300. The van der Waals surface area contributed by atoms with Crippen LogP contribution in [-0.2, 0) is 9.84 Å². The summed E-state index contributed by atoms with van der Waals surface area (Å²) in [6, 6.07) is 11.5. The molecule has 1 fully saturated rings. The van der Waals surface area contributed by atoms with Gasteiger partial charge in [-0.1, -0.05) is 18.2 Å². The van der Waals surface area contributed by atoms with E-state index in [1.165, 1.54) is 23.5 Å². The van der Waals surface area contributed by atoms with E-state index in [9.17, 15) is 26.4 Å². The number of thiazole rings is 1. The summed E-state index contributed by atoms with van der Waals surface area (Å²) in [4.78, 5) is 18.8. The molecular weight excluding hydrogens is 489 g/mol. The van der Waals surface area contributed by atoms with Crippen molar-refractivity contribution in [2.75, 3.05) is 13.1 Å². The Hall–Kier alpha value is -2.92. The number of sulfone groups is 1. The highest BCUT2D eigenvalue weighted by Crippen LogP contribution is 2.30. The zero-order valence-corrected chi connectivity index (χ0v) is 19.7. The summed E-state index contributed by atoms with van der Waals surface area (Å²) in [5, 5.41) is 2.04. The SMILES string of the molecule is Cc1nc(-c2cccc(C(=O)N3CCC(S(=O)(=O)c4cccc(OC(F)(F)F)c4)CC3)c2)cs1. The molecule has 0 radical (unpaired) electrons. The molecule has 1 amide bonds. The number of piperidine rings is 1. The second-order valence-electron chi connectivity index (χ2n) is 7.89. The number of aryl methyl sites for hydroxylation is 1. The predicted octanol–water partition coefficient (Wildman–Crippen LogP) is 5.10. The minimum atomic E-state index is -4.91. The molecule has 3 aromatic rings. The van der Waals surface area contributed by atoms with Crippen molar-refractivity contribution in [2.45, 2.75) is 36.3 Å². The molecule has 4 rings (SSSR count). The summed E-state index contributed by atoms with van der Waals surface area (Å²) >= 11 is 1.52. The molecule has 6 nitrogen and oxygen atoms in total. The normalized spacial score (nSPS) is 15.4. The van der Waals surface area contributed by atoms with Crippen LogP contribution in [0.2, 0.25) is 0 Å². The van der Waals surface area contributed by atoms with Crippen molar-refractivity contribution in [1.29, 1.82) is 0 Å². The van der Waals surface area contributed by atoms with Gasteiger partial charge in [-0.2, -0.15) is 0 Å². The summed E-state index contributed by atoms with van der Waals surface area (Å²) in [5.41, 5.74) is 2.11. The zero-order chi connectivity index (χ0) is 24.5. The van der Waals surface area contributed by atoms with Gasteiger partial charge in [0.1, 0.15) is 5.75 Å². The predicted molar refractivity (Wildman–Crippen MR) is 122 cm³/mol. The van der Waals surface area contributed by atoms with E-state index in [1.54, 1.807) is 23.1 Å². The Morgan fingerprint density at radius 2 is 1.82 bits per heavy atom. The van der Waals surface area contributed by atoms with E-state index < -0.39 is 27.2 Å². The van der Waals surface area contributed by atoms with Crippen LogP contribution in [0.3, 0.4) is 0 Å². The summed E-state index contributed by atoms with van der Waals surface area (Å²) in [7, 11) is -3.89. The Morgan fingerprint density at radius 3 is 2.47 bits per heavy atom. The van der Waals surface area contributed by atoms with Crippen LogP contribution >= 0.6 is 11.3 Å². The molecule has 1 aliphatic rings. The summed E-state index contributed by atoms with van der Waals surface area (Å²) in [6.07, 6.45) is -4.55. The second-order valence-corrected chi connectivity index (χ2v) is 11.2. The van der Waals surface area contributed by atoms with Gasteiger partial charge < -0.3 is 9.64 Å². The van der Waals surface area contributed by atoms with Crippen molar-refractivity contribution in [2.24, 2.45) is 0 Å². The van der Waals surface area contributed by atoms with Crippen LogP contribution in [-0.4, -0.2) is 48.9 Å². The molecule has 0 saturated carbocycles. The lowest BCUT2D eigenvalue weighted by Crippen LogP contribution is -2.42. The minimum absolute atomic E-state index is 0.184. The maximum atomic E-state index is 13.0. The molecule has 0 unspecified atom stereocenters. The van der Waals surface area contributed by atoms with Crippen molar-refractivity contribution >= 4 is 27.1 Å². The number of likely N-dealkylation sites (tertiary alicyclic amines) is 1. The first-order valence-electron chi connectivity index (χ1n) is 10.4. The molecule has 11 heteroatoms. The van der Waals surface area contributed by atoms with E-state index >= 15 is 0 Å². The molecule has 1 saturated heterocycles. The Balaban J connectivity index is 1.44. The van der Waals surface area contributed by atoms with Gasteiger partial charge in [-0.15, -0.1) is 24.5 Å². The van der Waals surface area contributed by atoms with Crippen LogP contribution in [0, 0.1) is 6.92 Å². The number of rotatable bonds is 5. The van der Waals surface area contributed by atoms with E-state index in [0.717, 1.165) is 28.4 Å². The van der Waals surface area contributed by atoms with Crippen LogP contribution in [0.1, 0.15) is 28.2 Å². The lowest BCUT2D eigenvalue weighted by atomic mass is 10.1. The van der Waals surface area contributed by atoms with Crippen molar-refractivity contribution in [1.82, 2.24) is 9.88 Å². The first-order chi connectivity index (χ1) is 16.0. The number of nitrogens with zero attached hydrogens (tertiary/aromatic N) is 2. The smallest absolute Gasteiger partial charge is 0.406 e. The third-order valence-corrected chi connectivity index (χ3v) is 8.59. The first kappa shape index (κ1) is 24.2. The van der Waals surface area contributed by atoms with Crippen LogP contribution in [0.5, 0.6) is 5.75 Å². The van der Waals surface area contributed by atoms with Gasteiger partial charge in [0, 0.05) is 29.6 Å². The van der Waals surface area contributed by atoms with Crippen molar-refractivity contribution in [3.8, 4) is 17.0 Å². The number of hydrogen-bond donors (Lipinski definition) is 0. The van der Waals surface area contributed by atoms with Crippen LogP contribution in [0.4, 0.5) is 13.2 Å². The quantitative estimate of drug-likeness (QED) is 0.478. The fraction of sp³-hybridized carbons (Fsp3) is 0.304. The monoisotopic (exact) mass is 510 g/mol. The standard InChI is InChI=1S/C23H21F3N2O4S2/c1-15-27-21(14-33-15)16-4-2-5-17(12-16)22(29)28-10-8-19(9-11-28)34(30,31)20-7-3-6-18(13-20)32-23(24,25)26/h2-7,12-14,19H,8-11H2,1H3. The van der Waals surface area contributed by atoms with E-state index in [-0.39, 0.29) is 36.7 Å². The zero-order valence-electron chi connectivity index (χ0n) is 18.1. The molecule has 1 aromatic heterocycles. The molecule has 0 atom stereocenters. The van der Waals surface area contributed by atoms with Gasteiger partial charge in [0.25, 0.3) is 5.91 Å². The van der Waals surface area contributed by atoms with Crippen molar-refractivity contribution in [3.05, 3.63) is 64.5 Å². The molecular formula is C23H21F3N2O4S2. The Kier molecular flexibility index (Phi) is 6.68. The molecule has 1 aliphatic heterocycles. The number of hydrogen-bond acceptors (Lipinski definition) is 6. The van der Waals surface area contributed by atoms with Crippen LogP contribution in [0.25, 0.3) is 11.3 Å². The number of aromatic nitrogens is 1. The van der Waals surface area contributed by atoms with Crippen molar-refractivity contribution < 1.29 is 31.1 Å². The lowest BCUT2D eigenvalue weighted by Gasteiger charge is -2.32. The van der Waals surface area contributed by atoms with E-state index in [4.69, 9.17) is 0 Å². The van der Waals surface area contributed by atoms with Crippen LogP contribution in [0.15, 0.2) is 58.8 Å². The fourth-order valence-corrected chi connectivity index (χ4v) is 6.29. The minimum Gasteiger partial charge on any atom is -0.406 e. The van der Waals surface area contributed by atoms with Gasteiger partial charge in [-0.3, -0.25) is 4.79 Å². The Labute approximate surface area is 198 Å². The molecule has 0 aliphatic carbocycles. The highest BCUT2D eigenvalue weighted by atomic mass is 32.2. The molecule has 0 spiro atoms. The molecule has 0 bridgehead atoms. The van der Waals surface area contributed by atoms with Gasteiger partial charge in [0.15, 0.2) is 9.84 Å². The Morgan fingerprint density at radius 1 is 1.12 bits per heavy atom. The summed E-state index contributed by atoms with van der Waals surface area (Å²) in [5.74, 6) is -0.790. The summed E-state index contributed by atoms with van der Waals surface area (Å²) < 4.78 is 67.3. The number of alkyl halides is 3. The number of halogens is 3. The maximum absolute atomic E-state index is 13.0. The molecule has 34 heavy (non-hydrogen) atoms. The fourth-order valence-electron chi connectivity index (χ4n) is 3.90. The van der Waals surface area contributed by atoms with Gasteiger partial charge in [0.2, 0.25) is 0 Å². The third kappa shape index (κ3) is 5.41. The largest absolute Gasteiger partial charge is 0.573 e. The number of carbonyl (C=O) groups excluding carboxylic acids is 1. The van der Waals surface area contributed by atoms with Gasteiger partial charge in [-0.25, -0.2) is 13.4 Å². The topological polar surface area (TPSA) is 76.6 Å². The molecule has 0 N–H and O–H groups in total. The molecule has 180 valence electrons. The third-order valence-electron chi connectivity index (χ3n) is 5.56. The van der Waals surface area contributed by atoms with Crippen molar-refractivity contribution in [3.63, 3.8) is 0 Å². The second kappa shape index (κ2) is 9.38. The van der Waals surface area contributed by atoms with E-state index in [0.29, 0.717) is 5.56 Å². The lowest BCUT2D eigenvalue weighted by molar-refractivity contribution is -0.274.